The lowest BCUT2D eigenvalue weighted by Crippen LogP contribution is -2.51. The van der Waals surface area contributed by atoms with Crippen molar-refractivity contribution in [3.8, 4) is 0 Å². The van der Waals surface area contributed by atoms with Gasteiger partial charge in [-0.3, -0.25) is 4.79 Å². The third-order valence-electron chi connectivity index (χ3n) is 4.94. The quantitative estimate of drug-likeness (QED) is 0.761. The first-order valence-electron chi connectivity index (χ1n) is 8.65. The van der Waals surface area contributed by atoms with E-state index in [1.54, 1.807) is 37.3 Å². The molecule has 142 valence electrons. The van der Waals surface area contributed by atoms with E-state index < -0.39 is 6.09 Å². The molecule has 27 heavy (non-hydrogen) atoms. The third-order valence-corrected chi connectivity index (χ3v) is 5.47. The first kappa shape index (κ1) is 19.4. The molecule has 2 aromatic carbocycles. The summed E-state index contributed by atoms with van der Waals surface area (Å²) in [6, 6.07) is 11.3. The molecule has 1 saturated heterocycles. The van der Waals surface area contributed by atoms with Crippen molar-refractivity contribution >= 4 is 27.9 Å². The predicted molar refractivity (Wildman–Crippen MR) is 103 cm³/mol. The molecule has 0 spiro atoms. The fourth-order valence-electron chi connectivity index (χ4n) is 3.52. The average molecular weight is 435 g/mol. The zero-order valence-electron chi connectivity index (χ0n) is 14.8. The topological polar surface area (TPSA) is 69.6 Å². The summed E-state index contributed by atoms with van der Waals surface area (Å²) < 4.78 is 14.4. The molecule has 2 atom stereocenters. The van der Waals surface area contributed by atoms with E-state index in [2.05, 4.69) is 21.2 Å². The van der Waals surface area contributed by atoms with Crippen molar-refractivity contribution in [1.82, 2.24) is 10.2 Å². The fourth-order valence-corrected chi connectivity index (χ4v) is 3.79. The third kappa shape index (κ3) is 4.47. The Morgan fingerprint density at radius 3 is 2.56 bits per heavy atom. The number of rotatable bonds is 3. The van der Waals surface area contributed by atoms with Crippen LogP contribution in [0.3, 0.4) is 0 Å². The maximum Gasteiger partial charge on any atom is 0.407 e. The molecule has 2 amide bonds. The van der Waals surface area contributed by atoms with Gasteiger partial charge in [0.25, 0.3) is 5.91 Å². The summed E-state index contributed by atoms with van der Waals surface area (Å²) in [5.41, 5.74) is 2.13. The largest absolute Gasteiger partial charge is 0.465 e. The van der Waals surface area contributed by atoms with Gasteiger partial charge < -0.3 is 15.3 Å². The van der Waals surface area contributed by atoms with E-state index in [0.29, 0.717) is 18.5 Å². The molecule has 2 N–H and O–H groups in total. The minimum Gasteiger partial charge on any atom is -0.465 e. The predicted octanol–water partition coefficient (Wildman–Crippen LogP) is 4.16. The van der Waals surface area contributed by atoms with Gasteiger partial charge in [-0.15, -0.1) is 0 Å². The number of hydrogen-bond acceptors (Lipinski definition) is 2. The minimum atomic E-state index is -0.988. The number of carbonyl (C=O) groups is 2. The fraction of sp³-hybridized carbons (Fsp3) is 0.300. The van der Waals surface area contributed by atoms with Crippen molar-refractivity contribution < 1.29 is 19.1 Å². The molecular weight excluding hydrogens is 415 g/mol. The van der Waals surface area contributed by atoms with Crippen LogP contribution in [0, 0.1) is 12.7 Å². The molecule has 1 aliphatic rings. The maximum absolute atomic E-state index is 13.5. The summed E-state index contributed by atoms with van der Waals surface area (Å²) in [5.74, 6) is -0.784. The molecule has 2 unspecified atom stereocenters. The second kappa shape index (κ2) is 8.08. The highest BCUT2D eigenvalue weighted by atomic mass is 79.9. The zero-order chi connectivity index (χ0) is 19.6. The van der Waals surface area contributed by atoms with Gasteiger partial charge in [0.1, 0.15) is 5.82 Å². The molecule has 0 aromatic heterocycles. The molecule has 0 aliphatic carbocycles. The summed E-state index contributed by atoms with van der Waals surface area (Å²) in [6.07, 6.45) is -0.492. The number of amides is 2. The Morgan fingerprint density at radius 1 is 1.22 bits per heavy atom. The second-order valence-corrected chi connectivity index (χ2v) is 7.63. The Labute approximate surface area is 165 Å². The number of nitrogens with one attached hydrogen (secondary N) is 1. The molecule has 0 radical (unpaired) electrons. The van der Waals surface area contributed by atoms with E-state index in [4.69, 9.17) is 0 Å². The SMILES string of the molecule is Cc1cc(F)ccc1C1CN(C(=O)O)CCC1NC(=O)c1ccc(Br)cc1. The lowest BCUT2D eigenvalue weighted by molar-refractivity contribution is 0.0888. The smallest absolute Gasteiger partial charge is 0.407 e. The van der Waals surface area contributed by atoms with Gasteiger partial charge in [-0.2, -0.15) is 0 Å². The molecule has 0 saturated carbocycles. The Balaban J connectivity index is 1.85. The number of carboxylic acid groups (broad SMARTS) is 1. The van der Waals surface area contributed by atoms with Crippen LogP contribution in [-0.2, 0) is 0 Å². The van der Waals surface area contributed by atoms with Crippen LogP contribution in [-0.4, -0.2) is 41.1 Å². The van der Waals surface area contributed by atoms with E-state index in [-0.39, 0.29) is 30.2 Å². The van der Waals surface area contributed by atoms with Crippen LogP contribution < -0.4 is 5.32 Å². The monoisotopic (exact) mass is 434 g/mol. The lowest BCUT2D eigenvalue weighted by atomic mass is 9.83. The summed E-state index contributed by atoms with van der Waals surface area (Å²) >= 11 is 3.34. The summed E-state index contributed by atoms with van der Waals surface area (Å²) in [7, 11) is 0. The number of halogens is 2. The standard InChI is InChI=1S/C20H20BrFN2O3/c1-12-10-15(22)6-7-16(12)17-11-24(20(26)27)9-8-18(17)23-19(25)13-2-4-14(21)5-3-13/h2-7,10,17-18H,8-9,11H2,1H3,(H,23,25)(H,26,27). The highest BCUT2D eigenvalue weighted by Gasteiger charge is 2.34. The van der Waals surface area contributed by atoms with Crippen LogP contribution in [0.25, 0.3) is 0 Å². The second-order valence-electron chi connectivity index (χ2n) is 6.71. The first-order valence-corrected chi connectivity index (χ1v) is 9.45. The number of carbonyl (C=O) groups excluding carboxylic acids is 1. The van der Waals surface area contributed by atoms with E-state index in [9.17, 15) is 19.1 Å². The van der Waals surface area contributed by atoms with Gasteiger partial charge in [-0.05, 0) is 60.9 Å². The van der Waals surface area contributed by atoms with Crippen LogP contribution in [0.2, 0.25) is 0 Å². The van der Waals surface area contributed by atoms with E-state index in [1.807, 2.05) is 0 Å². The number of likely N-dealkylation sites (tertiary alicyclic amines) is 1. The van der Waals surface area contributed by atoms with Crippen molar-refractivity contribution in [2.75, 3.05) is 13.1 Å². The molecule has 1 fully saturated rings. The lowest BCUT2D eigenvalue weighted by Gasteiger charge is -2.38. The van der Waals surface area contributed by atoms with Gasteiger partial charge in [-0.25, -0.2) is 9.18 Å². The molecule has 1 aliphatic heterocycles. The van der Waals surface area contributed by atoms with E-state index in [1.165, 1.54) is 17.0 Å². The number of aryl methyl sites for hydroxylation is 1. The number of hydrogen-bond donors (Lipinski definition) is 2. The van der Waals surface area contributed by atoms with Gasteiger partial charge in [0.15, 0.2) is 0 Å². The van der Waals surface area contributed by atoms with Gasteiger partial charge >= 0.3 is 6.09 Å². The van der Waals surface area contributed by atoms with Crippen LogP contribution in [0.5, 0.6) is 0 Å². The Hall–Kier alpha value is -2.41. The van der Waals surface area contributed by atoms with Gasteiger partial charge in [0, 0.05) is 35.1 Å². The minimum absolute atomic E-state index is 0.207. The van der Waals surface area contributed by atoms with Crippen LogP contribution in [0.1, 0.15) is 33.8 Å². The van der Waals surface area contributed by atoms with Gasteiger partial charge in [0.2, 0.25) is 0 Å². The normalized spacial score (nSPS) is 19.6. The van der Waals surface area contributed by atoms with Crippen molar-refractivity contribution in [3.05, 3.63) is 69.4 Å². The number of nitrogens with zero attached hydrogens (tertiary/aromatic N) is 1. The van der Waals surface area contributed by atoms with Crippen LogP contribution >= 0.6 is 15.9 Å². The van der Waals surface area contributed by atoms with E-state index in [0.717, 1.165) is 15.6 Å². The van der Waals surface area contributed by atoms with Gasteiger partial charge in [-0.1, -0.05) is 22.0 Å². The number of piperidine rings is 1. The molecule has 3 rings (SSSR count). The summed E-state index contributed by atoms with van der Waals surface area (Å²) in [4.78, 5) is 25.4. The zero-order valence-corrected chi connectivity index (χ0v) is 16.4. The van der Waals surface area contributed by atoms with Crippen molar-refractivity contribution in [3.63, 3.8) is 0 Å². The molecule has 0 bridgehead atoms. The number of benzene rings is 2. The van der Waals surface area contributed by atoms with Crippen LogP contribution in [0.15, 0.2) is 46.9 Å². The Kier molecular flexibility index (Phi) is 5.79. The molecule has 7 heteroatoms. The highest BCUT2D eigenvalue weighted by Crippen LogP contribution is 2.30. The first-order chi connectivity index (χ1) is 12.8. The Morgan fingerprint density at radius 2 is 1.93 bits per heavy atom. The maximum atomic E-state index is 13.5. The summed E-state index contributed by atoms with van der Waals surface area (Å²) in [6.45, 7) is 2.40. The van der Waals surface area contributed by atoms with Crippen molar-refractivity contribution in [1.29, 1.82) is 0 Å². The molecule has 5 nitrogen and oxygen atoms in total. The van der Waals surface area contributed by atoms with Crippen molar-refractivity contribution in [2.24, 2.45) is 0 Å². The van der Waals surface area contributed by atoms with Gasteiger partial charge in [0.05, 0.1) is 0 Å². The van der Waals surface area contributed by atoms with E-state index >= 15 is 0 Å². The molecule has 2 aromatic rings. The van der Waals surface area contributed by atoms with Crippen LogP contribution in [0.4, 0.5) is 9.18 Å². The van der Waals surface area contributed by atoms with Crippen molar-refractivity contribution in [2.45, 2.75) is 25.3 Å². The Bertz CT molecular complexity index is 857. The molecule has 1 heterocycles. The summed E-state index contributed by atoms with van der Waals surface area (Å²) in [5, 5.41) is 12.4. The highest BCUT2D eigenvalue weighted by molar-refractivity contribution is 9.10. The molecular formula is C20H20BrFN2O3. The average Bonchev–Trinajstić information content (AvgIpc) is 2.62.